The Bertz CT molecular complexity index is 1040. The van der Waals surface area contributed by atoms with E-state index in [1.54, 1.807) is 0 Å². The first-order valence-corrected chi connectivity index (χ1v) is 10.3. The molecule has 0 atom stereocenters. The van der Waals surface area contributed by atoms with Crippen molar-refractivity contribution in [2.45, 2.75) is 27.7 Å². The zero-order valence-corrected chi connectivity index (χ0v) is 16.6. The van der Waals surface area contributed by atoms with Crippen molar-refractivity contribution in [2.75, 3.05) is 0 Å². The molecule has 0 aromatic heterocycles. The molecular weight excluding hydrogens is 359 g/mol. The van der Waals surface area contributed by atoms with Crippen molar-refractivity contribution < 1.29 is 18.5 Å². The van der Waals surface area contributed by atoms with Gasteiger partial charge in [-0.25, -0.2) is 4.57 Å². The fourth-order valence-corrected chi connectivity index (χ4v) is 4.72. The summed E-state index contributed by atoms with van der Waals surface area (Å²) in [6.07, 6.45) is 0. The second-order valence-electron chi connectivity index (χ2n) is 7.00. The highest BCUT2D eigenvalue weighted by atomic mass is 31.2. The molecule has 1 aliphatic rings. The summed E-state index contributed by atoms with van der Waals surface area (Å²) in [5.74, 6) is 0.770. The highest BCUT2D eigenvalue weighted by Gasteiger charge is 2.30. The summed E-state index contributed by atoms with van der Waals surface area (Å²) >= 11 is 0. The molecule has 0 unspecified atom stereocenters. The van der Waals surface area contributed by atoms with Crippen LogP contribution < -0.4 is 9.05 Å². The molecule has 0 aliphatic carbocycles. The summed E-state index contributed by atoms with van der Waals surface area (Å²) < 4.78 is 23.9. The van der Waals surface area contributed by atoms with E-state index in [9.17, 15) is 9.46 Å². The zero-order chi connectivity index (χ0) is 19.3. The summed E-state index contributed by atoms with van der Waals surface area (Å²) in [6.45, 7) is 7.49. The Morgan fingerprint density at radius 2 is 1.19 bits per heavy atom. The van der Waals surface area contributed by atoms with Crippen molar-refractivity contribution in [3.05, 3.63) is 70.8 Å². The molecule has 0 amide bonds. The van der Waals surface area contributed by atoms with Gasteiger partial charge >= 0.3 is 7.82 Å². The van der Waals surface area contributed by atoms with Crippen LogP contribution in [-0.2, 0) is 4.57 Å². The largest absolute Gasteiger partial charge is 0.584 e. The van der Waals surface area contributed by atoms with Gasteiger partial charge in [0.05, 0.1) is 0 Å². The summed E-state index contributed by atoms with van der Waals surface area (Å²) in [5.41, 5.74) is 7.17. The minimum absolute atomic E-state index is 0.385. The lowest BCUT2D eigenvalue weighted by molar-refractivity contribution is 0.288. The maximum absolute atomic E-state index is 12.8. The smallest absolute Gasteiger partial charge is 0.395 e. The van der Waals surface area contributed by atoms with Crippen molar-refractivity contribution in [3.8, 4) is 33.8 Å². The molecule has 3 aromatic rings. The highest BCUT2D eigenvalue weighted by molar-refractivity contribution is 7.48. The number of rotatable bonds is 0. The van der Waals surface area contributed by atoms with E-state index in [0.29, 0.717) is 11.5 Å². The number of benzene rings is 3. The van der Waals surface area contributed by atoms with Crippen LogP contribution in [0.4, 0.5) is 0 Å². The lowest BCUT2D eigenvalue weighted by Gasteiger charge is -2.22. The molecule has 5 heteroatoms. The number of aryl methyl sites for hydroxylation is 2. The predicted octanol–water partition coefficient (Wildman–Crippen LogP) is 6.13. The van der Waals surface area contributed by atoms with Crippen molar-refractivity contribution in [1.82, 2.24) is 0 Å². The molecule has 0 radical (unpaired) electrons. The lowest BCUT2D eigenvalue weighted by Crippen LogP contribution is -2.05. The summed E-state index contributed by atoms with van der Waals surface area (Å²) in [4.78, 5) is 10.5. The molecule has 1 aliphatic heterocycles. The van der Waals surface area contributed by atoms with Gasteiger partial charge in [-0.05, 0) is 78.3 Å². The molecule has 4 rings (SSSR count). The van der Waals surface area contributed by atoms with Crippen LogP contribution in [-0.4, -0.2) is 4.89 Å². The maximum atomic E-state index is 12.8. The Hall–Kier alpha value is -2.55. The van der Waals surface area contributed by atoms with E-state index in [4.69, 9.17) is 9.05 Å². The van der Waals surface area contributed by atoms with Gasteiger partial charge in [-0.1, -0.05) is 42.5 Å². The van der Waals surface area contributed by atoms with Crippen molar-refractivity contribution in [1.29, 1.82) is 0 Å². The number of hydrogen-bond donors (Lipinski definition) is 1. The van der Waals surface area contributed by atoms with Crippen LogP contribution in [0.5, 0.6) is 11.5 Å². The number of fused-ring (bicyclic) bond motifs is 8. The van der Waals surface area contributed by atoms with Gasteiger partial charge in [0, 0.05) is 0 Å². The van der Waals surface area contributed by atoms with Crippen molar-refractivity contribution >= 4 is 7.82 Å². The third-order valence-electron chi connectivity index (χ3n) is 5.10. The first-order chi connectivity index (χ1) is 12.8. The molecule has 4 nitrogen and oxygen atoms in total. The second kappa shape index (κ2) is 6.26. The van der Waals surface area contributed by atoms with Gasteiger partial charge in [0.2, 0.25) is 0 Å². The molecule has 0 spiro atoms. The maximum Gasteiger partial charge on any atom is 0.584 e. The van der Waals surface area contributed by atoms with Gasteiger partial charge in [-0.2, -0.15) is 0 Å². The molecule has 1 heterocycles. The quantitative estimate of drug-likeness (QED) is 0.477. The van der Waals surface area contributed by atoms with Crippen LogP contribution >= 0.6 is 7.82 Å². The van der Waals surface area contributed by atoms with E-state index in [1.165, 1.54) is 0 Å². The predicted molar refractivity (Wildman–Crippen MR) is 107 cm³/mol. The van der Waals surface area contributed by atoms with Crippen LogP contribution in [0.3, 0.4) is 0 Å². The average molecular weight is 380 g/mol. The van der Waals surface area contributed by atoms with Gasteiger partial charge in [0.25, 0.3) is 0 Å². The molecule has 138 valence electrons. The zero-order valence-electron chi connectivity index (χ0n) is 15.7. The third-order valence-corrected chi connectivity index (χ3v) is 5.93. The van der Waals surface area contributed by atoms with Crippen LogP contribution in [0, 0.1) is 27.7 Å². The minimum atomic E-state index is -4.36. The highest BCUT2D eigenvalue weighted by Crippen LogP contribution is 2.50. The van der Waals surface area contributed by atoms with Gasteiger partial charge < -0.3 is 9.05 Å². The van der Waals surface area contributed by atoms with E-state index in [-0.39, 0.29) is 0 Å². The van der Waals surface area contributed by atoms with Crippen LogP contribution in [0.1, 0.15) is 22.3 Å². The average Bonchev–Trinajstić information content (AvgIpc) is 2.62. The Kier molecular flexibility index (Phi) is 4.14. The number of hydrogen-bond acceptors (Lipinski definition) is 3. The van der Waals surface area contributed by atoms with Crippen LogP contribution in [0.25, 0.3) is 22.3 Å². The fraction of sp³-hybridized carbons (Fsp3) is 0.182. The SMILES string of the molecule is Cc1ccc2c(C)c1OP(=O)(O)Oc1c(C)ccc(c1C)-c1cccc-2c1. The number of phosphoric ester groups is 1. The molecule has 0 fully saturated rings. The van der Waals surface area contributed by atoms with E-state index >= 15 is 0 Å². The Balaban J connectivity index is 2.09. The lowest BCUT2D eigenvalue weighted by atomic mass is 9.92. The first-order valence-electron chi connectivity index (χ1n) is 8.80. The fourth-order valence-electron chi connectivity index (χ4n) is 3.66. The third kappa shape index (κ3) is 3.05. The topological polar surface area (TPSA) is 55.8 Å². The van der Waals surface area contributed by atoms with Crippen LogP contribution in [0.2, 0.25) is 0 Å². The van der Waals surface area contributed by atoms with Gasteiger partial charge in [0.1, 0.15) is 11.5 Å². The van der Waals surface area contributed by atoms with E-state index in [0.717, 1.165) is 44.5 Å². The van der Waals surface area contributed by atoms with E-state index in [1.807, 2.05) is 70.2 Å². The Morgan fingerprint density at radius 1 is 0.741 bits per heavy atom. The molecule has 0 saturated carbocycles. The van der Waals surface area contributed by atoms with Crippen molar-refractivity contribution in [3.63, 3.8) is 0 Å². The normalized spacial score (nSPS) is 14.4. The van der Waals surface area contributed by atoms with Gasteiger partial charge in [0.15, 0.2) is 0 Å². The summed E-state index contributed by atoms with van der Waals surface area (Å²) in [6, 6.07) is 16.0. The summed E-state index contributed by atoms with van der Waals surface area (Å²) in [5, 5.41) is 0. The second-order valence-corrected chi connectivity index (χ2v) is 8.30. The van der Waals surface area contributed by atoms with Gasteiger partial charge in [-0.15, -0.1) is 0 Å². The minimum Gasteiger partial charge on any atom is -0.395 e. The molecule has 27 heavy (non-hydrogen) atoms. The molecular formula is C22H21O4P. The standard InChI is InChI=1S/C22H21O4P/c1-13-8-10-19-15(3)21(13)25-27(23,24)26-22-14(2)9-11-20(16(22)4)18-7-5-6-17(19)12-18/h5-12H,1-4H3,(H,23,24). The number of phosphoric acid groups is 1. The molecule has 0 saturated heterocycles. The first kappa shape index (κ1) is 17.8. The van der Waals surface area contributed by atoms with Gasteiger partial charge in [-0.3, -0.25) is 4.89 Å². The van der Waals surface area contributed by atoms with Crippen LogP contribution in [0.15, 0.2) is 48.5 Å². The Morgan fingerprint density at radius 3 is 1.63 bits per heavy atom. The Labute approximate surface area is 159 Å². The van der Waals surface area contributed by atoms with E-state index < -0.39 is 7.82 Å². The monoisotopic (exact) mass is 380 g/mol. The molecule has 3 aromatic carbocycles. The molecule has 6 bridgehead atoms. The molecule has 1 N–H and O–H groups in total. The summed E-state index contributed by atoms with van der Waals surface area (Å²) in [7, 11) is -4.36. The van der Waals surface area contributed by atoms with Crippen molar-refractivity contribution in [2.24, 2.45) is 0 Å². The van der Waals surface area contributed by atoms with E-state index in [2.05, 4.69) is 6.07 Å².